The summed E-state index contributed by atoms with van der Waals surface area (Å²) in [5.74, 6) is 0. The number of hydrogen-bond donors (Lipinski definition) is 0. The van der Waals surface area contributed by atoms with E-state index >= 15 is 0 Å². The fourth-order valence-corrected chi connectivity index (χ4v) is 5.54. The number of carbonyl (C=O) groups is 1. The van der Waals surface area contributed by atoms with Crippen LogP contribution < -0.4 is 0 Å². The van der Waals surface area contributed by atoms with Gasteiger partial charge in [-0.05, 0) is 11.5 Å². The molecule has 1 aliphatic rings. The molecule has 1 aromatic heterocycles. The minimum atomic E-state index is -2.48. The van der Waals surface area contributed by atoms with Crippen LogP contribution in [-0.4, -0.2) is 10.0 Å². The van der Waals surface area contributed by atoms with Gasteiger partial charge in [-0.1, -0.05) is 59.1 Å². The molecule has 0 amide bonds. The van der Waals surface area contributed by atoms with Gasteiger partial charge in [0.15, 0.2) is 0 Å². The van der Waals surface area contributed by atoms with Gasteiger partial charge in [-0.15, -0.1) is 0 Å². The standard InChI is InChI=1S/C17H13NO4S/c1-2-14-9-6-12-23(14,16(19)13-7-4-3-5-8-13)17-15(18(20)21)10-11-22-17/h2-12H,1H2. The maximum Gasteiger partial charge on any atom is 0.320 e. The molecular weight excluding hydrogens is 314 g/mol. The van der Waals surface area contributed by atoms with Gasteiger partial charge in [0.05, 0.1) is 17.3 Å². The average Bonchev–Trinajstić information content (AvgIpc) is 3.21. The molecular formula is C17H13NO4S. The van der Waals surface area contributed by atoms with E-state index in [4.69, 9.17) is 4.42 Å². The molecule has 0 aliphatic carbocycles. The van der Waals surface area contributed by atoms with Gasteiger partial charge in [-0.25, -0.2) is 0 Å². The van der Waals surface area contributed by atoms with E-state index in [0.717, 1.165) is 0 Å². The van der Waals surface area contributed by atoms with E-state index in [2.05, 4.69) is 6.58 Å². The molecule has 1 aliphatic heterocycles. The third-order valence-corrected chi connectivity index (χ3v) is 6.84. The molecule has 0 fully saturated rings. The predicted molar refractivity (Wildman–Crippen MR) is 89.4 cm³/mol. The normalized spacial score (nSPS) is 22.2. The Kier molecular flexibility index (Phi) is 3.75. The van der Waals surface area contributed by atoms with Gasteiger partial charge in [0.1, 0.15) is 0 Å². The maximum absolute atomic E-state index is 13.2. The van der Waals surface area contributed by atoms with Crippen molar-refractivity contribution in [3.8, 4) is 0 Å². The summed E-state index contributed by atoms with van der Waals surface area (Å²) in [4.78, 5) is 24.6. The second-order valence-corrected chi connectivity index (χ2v) is 7.57. The Hall–Kier alpha value is -2.86. The van der Waals surface area contributed by atoms with Gasteiger partial charge in [-0.2, -0.15) is 0 Å². The summed E-state index contributed by atoms with van der Waals surface area (Å²) in [6, 6.07) is 9.98. The van der Waals surface area contributed by atoms with Crippen molar-refractivity contribution in [3.63, 3.8) is 0 Å². The molecule has 0 radical (unpaired) electrons. The zero-order valence-corrected chi connectivity index (χ0v) is 12.9. The molecule has 6 heteroatoms. The maximum atomic E-state index is 13.2. The third-order valence-electron chi connectivity index (χ3n) is 3.52. The van der Waals surface area contributed by atoms with Crippen molar-refractivity contribution in [2.45, 2.75) is 5.09 Å². The predicted octanol–water partition coefficient (Wildman–Crippen LogP) is 4.79. The second kappa shape index (κ2) is 5.73. The van der Waals surface area contributed by atoms with E-state index in [0.29, 0.717) is 10.5 Å². The highest BCUT2D eigenvalue weighted by atomic mass is 32.3. The van der Waals surface area contributed by atoms with Crippen molar-refractivity contribution in [3.05, 3.63) is 93.5 Å². The van der Waals surface area contributed by atoms with Crippen molar-refractivity contribution in [2.24, 2.45) is 0 Å². The summed E-state index contributed by atoms with van der Waals surface area (Å²) in [6.07, 6.45) is 6.27. The Morgan fingerprint density at radius 1 is 1.26 bits per heavy atom. The zero-order chi connectivity index (χ0) is 16.4. The largest absolute Gasteiger partial charge is 0.451 e. The monoisotopic (exact) mass is 327 g/mol. The number of nitro groups is 1. The molecule has 1 aromatic carbocycles. The molecule has 1 unspecified atom stereocenters. The quantitative estimate of drug-likeness (QED) is 0.598. The molecule has 23 heavy (non-hydrogen) atoms. The van der Waals surface area contributed by atoms with Crippen LogP contribution >= 0.6 is 10.0 Å². The number of furan rings is 1. The van der Waals surface area contributed by atoms with Crippen LogP contribution in [0.2, 0.25) is 0 Å². The van der Waals surface area contributed by atoms with Gasteiger partial charge in [0.2, 0.25) is 10.2 Å². The smallest absolute Gasteiger partial charge is 0.320 e. The molecule has 2 aromatic rings. The van der Waals surface area contributed by atoms with Crippen LogP contribution in [0.5, 0.6) is 0 Å². The van der Waals surface area contributed by atoms with Gasteiger partial charge < -0.3 is 4.42 Å². The summed E-state index contributed by atoms with van der Waals surface area (Å²) in [5.41, 5.74) is 0.288. The molecule has 0 saturated carbocycles. The van der Waals surface area contributed by atoms with Crippen LogP contribution in [0.25, 0.3) is 0 Å². The summed E-state index contributed by atoms with van der Waals surface area (Å²) in [6.45, 7) is 3.75. The van der Waals surface area contributed by atoms with Crippen LogP contribution in [0.3, 0.4) is 0 Å². The summed E-state index contributed by atoms with van der Waals surface area (Å²) in [5, 5.41) is 12.9. The second-order valence-electron chi connectivity index (χ2n) is 4.77. The number of carbonyl (C=O) groups excluding carboxylic acids is 1. The number of hydrogen-bond acceptors (Lipinski definition) is 4. The Bertz CT molecular complexity index is 850. The molecule has 5 nitrogen and oxygen atoms in total. The van der Waals surface area contributed by atoms with E-state index < -0.39 is 15.0 Å². The van der Waals surface area contributed by atoms with Crippen LogP contribution in [0, 0.1) is 10.1 Å². The molecule has 0 spiro atoms. The average molecular weight is 327 g/mol. The highest BCUT2D eigenvalue weighted by molar-refractivity contribution is 8.50. The highest BCUT2D eigenvalue weighted by Gasteiger charge is 2.44. The number of nitrogens with zero attached hydrogens (tertiary/aromatic N) is 1. The van der Waals surface area contributed by atoms with Crippen molar-refractivity contribution in [2.75, 3.05) is 0 Å². The lowest BCUT2D eigenvalue weighted by Gasteiger charge is -2.30. The zero-order valence-electron chi connectivity index (χ0n) is 12.0. The number of benzene rings is 1. The van der Waals surface area contributed by atoms with Crippen LogP contribution in [0.15, 0.2) is 87.3 Å². The molecule has 1 atom stereocenters. The summed E-state index contributed by atoms with van der Waals surface area (Å²) >= 11 is 0. The van der Waals surface area contributed by atoms with Crippen molar-refractivity contribution in [1.82, 2.24) is 0 Å². The highest BCUT2D eigenvalue weighted by Crippen LogP contribution is 2.70. The van der Waals surface area contributed by atoms with E-state index in [1.54, 1.807) is 47.9 Å². The van der Waals surface area contributed by atoms with E-state index in [1.807, 2.05) is 6.07 Å². The first kappa shape index (κ1) is 15.1. The Morgan fingerprint density at radius 3 is 2.65 bits per heavy atom. The fourth-order valence-electron chi connectivity index (χ4n) is 2.48. The summed E-state index contributed by atoms with van der Waals surface area (Å²) < 4.78 is 5.42. The van der Waals surface area contributed by atoms with Gasteiger partial charge in [-0.3, -0.25) is 14.9 Å². The third kappa shape index (κ3) is 2.24. The number of rotatable bonds is 4. The van der Waals surface area contributed by atoms with E-state index in [9.17, 15) is 14.9 Å². The first-order valence-corrected chi connectivity index (χ1v) is 8.46. The van der Waals surface area contributed by atoms with Crippen molar-refractivity contribution >= 4 is 20.8 Å². The van der Waals surface area contributed by atoms with E-state index in [-0.39, 0.29) is 15.9 Å². The minimum absolute atomic E-state index is 0.0799. The topological polar surface area (TPSA) is 73.3 Å². The molecule has 0 bridgehead atoms. The molecule has 0 N–H and O–H groups in total. The first-order valence-electron chi connectivity index (χ1n) is 6.77. The first-order chi connectivity index (χ1) is 11.1. The molecule has 116 valence electrons. The lowest BCUT2D eigenvalue weighted by atomic mass is 10.2. The van der Waals surface area contributed by atoms with Gasteiger partial charge in [0.25, 0.3) is 0 Å². The lowest BCUT2D eigenvalue weighted by Crippen LogP contribution is -2.12. The van der Waals surface area contributed by atoms with Gasteiger partial charge in [0, 0.05) is 10.5 Å². The lowest BCUT2D eigenvalue weighted by molar-refractivity contribution is -0.388. The van der Waals surface area contributed by atoms with Crippen LogP contribution in [0.4, 0.5) is 5.69 Å². The summed E-state index contributed by atoms with van der Waals surface area (Å²) in [7, 11) is -2.48. The minimum Gasteiger partial charge on any atom is -0.451 e. The SMILES string of the molecule is C=CC1=CC=CS1(C(=O)c1ccccc1)c1occc1[N+](=O)[O-]. The van der Waals surface area contributed by atoms with Crippen molar-refractivity contribution in [1.29, 1.82) is 0 Å². The van der Waals surface area contributed by atoms with Crippen LogP contribution in [0.1, 0.15) is 10.4 Å². The van der Waals surface area contributed by atoms with Crippen LogP contribution in [-0.2, 0) is 0 Å². The van der Waals surface area contributed by atoms with Crippen molar-refractivity contribution < 1.29 is 14.1 Å². The molecule has 0 saturated heterocycles. The van der Waals surface area contributed by atoms with Gasteiger partial charge >= 0.3 is 5.69 Å². The Labute approximate surface area is 134 Å². The molecule has 2 heterocycles. The number of allylic oxidation sites excluding steroid dienone is 3. The fraction of sp³-hybridized carbons (Fsp3) is 0. The molecule has 3 rings (SSSR count). The van der Waals surface area contributed by atoms with E-state index in [1.165, 1.54) is 12.3 Å². The Morgan fingerprint density at radius 2 is 2.00 bits per heavy atom. The Balaban J connectivity index is 2.25.